The van der Waals surface area contributed by atoms with E-state index in [9.17, 15) is 9.18 Å². The minimum Gasteiger partial charge on any atom is -0.457 e. The van der Waals surface area contributed by atoms with Crippen molar-refractivity contribution < 1.29 is 13.9 Å². The largest absolute Gasteiger partial charge is 0.457 e. The summed E-state index contributed by atoms with van der Waals surface area (Å²) >= 11 is 0. The smallest absolute Gasteiger partial charge is 0.254 e. The molecule has 2 unspecified atom stereocenters. The molecule has 0 radical (unpaired) electrons. The molecule has 0 aromatic heterocycles. The average molecular weight is 413 g/mol. The normalized spacial score (nSPS) is 21.4. The number of fused-ring (bicyclic) bond motifs is 1. The van der Waals surface area contributed by atoms with E-state index in [4.69, 9.17) is 10.00 Å². The van der Waals surface area contributed by atoms with Crippen molar-refractivity contribution in [2.45, 2.75) is 25.0 Å². The predicted octanol–water partition coefficient (Wildman–Crippen LogP) is 4.66. The van der Waals surface area contributed by atoms with Gasteiger partial charge < -0.3 is 14.5 Å². The van der Waals surface area contributed by atoms with Crippen molar-refractivity contribution in [2.24, 2.45) is 0 Å². The Kier molecular flexibility index (Phi) is 4.59. The van der Waals surface area contributed by atoms with Crippen LogP contribution in [0, 0.1) is 17.3 Å². The van der Waals surface area contributed by atoms with E-state index in [1.54, 1.807) is 17.0 Å². The summed E-state index contributed by atoms with van der Waals surface area (Å²) in [4.78, 5) is 16.5. The Bertz CT molecular complexity index is 1170. The number of para-hydroxylation sites is 1. The molecule has 6 heteroatoms. The highest BCUT2D eigenvalue weighted by Gasteiger charge is 2.60. The zero-order valence-electron chi connectivity index (χ0n) is 16.9. The highest BCUT2D eigenvalue weighted by atomic mass is 19.1. The summed E-state index contributed by atoms with van der Waals surface area (Å²) in [5.74, 6) is 0.890. The van der Waals surface area contributed by atoms with Crippen LogP contribution in [-0.4, -0.2) is 40.4 Å². The van der Waals surface area contributed by atoms with E-state index in [-0.39, 0.29) is 29.8 Å². The molecular weight excluding hydrogens is 393 g/mol. The number of nitrogens with zero attached hydrogens (tertiary/aromatic N) is 3. The first kappa shape index (κ1) is 19.1. The quantitative estimate of drug-likeness (QED) is 0.461. The van der Waals surface area contributed by atoms with Gasteiger partial charge in [-0.25, -0.2) is 4.39 Å². The molecule has 5 nitrogen and oxygen atoms in total. The number of nitriles is 1. The van der Waals surface area contributed by atoms with Gasteiger partial charge >= 0.3 is 0 Å². The molecule has 3 aromatic carbocycles. The van der Waals surface area contributed by atoms with Crippen molar-refractivity contribution in [3.8, 4) is 28.8 Å². The minimum atomic E-state index is -0.314. The van der Waals surface area contributed by atoms with Crippen LogP contribution in [-0.2, 0) is 0 Å². The van der Waals surface area contributed by atoms with E-state index < -0.39 is 0 Å². The van der Waals surface area contributed by atoms with Gasteiger partial charge in [0.1, 0.15) is 17.3 Å². The van der Waals surface area contributed by atoms with Crippen LogP contribution in [0.2, 0.25) is 0 Å². The number of carbonyl (C=O) groups excluding carboxylic acids is 1. The molecule has 5 rings (SSSR count). The Hall–Kier alpha value is -3.85. The fraction of sp³-hybridized carbons (Fsp3) is 0.200. The maximum atomic E-state index is 13.2. The van der Waals surface area contributed by atoms with Crippen LogP contribution < -0.4 is 4.74 Å². The van der Waals surface area contributed by atoms with Gasteiger partial charge in [-0.15, -0.1) is 0 Å². The van der Waals surface area contributed by atoms with Gasteiger partial charge in [0.2, 0.25) is 0 Å². The molecule has 0 aliphatic carbocycles. The maximum Gasteiger partial charge on any atom is 0.254 e. The number of benzene rings is 3. The van der Waals surface area contributed by atoms with Crippen LogP contribution >= 0.6 is 0 Å². The molecule has 2 fully saturated rings. The number of halogens is 1. The maximum absolute atomic E-state index is 13.2. The van der Waals surface area contributed by atoms with Crippen molar-refractivity contribution in [1.29, 1.82) is 5.26 Å². The van der Waals surface area contributed by atoms with Crippen molar-refractivity contribution in [1.82, 2.24) is 9.80 Å². The molecule has 0 saturated carbocycles. The second-order valence-electron chi connectivity index (χ2n) is 7.89. The van der Waals surface area contributed by atoms with Gasteiger partial charge in [-0.3, -0.25) is 4.79 Å². The molecule has 0 N–H and O–H groups in total. The standard InChI is InChI=1S/C25H20FN3O2/c1-16-24-22(14-28(16)15-27)29(24)25(30)18-8-6-17(7-9-18)21-4-2-3-5-23(21)31-20-12-10-19(26)11-13-20/h2-13,16,22,24H,14H2,1H3/t16?,22?,24-,29?/m0/s1. The lowest BCUT2D eigenvalue weighted by Crippen LogP contribution is -2.35. The molecule has 2 aliphatic heterocycles. The highest BCUT2D eigenvalue weighted by molar-refractivity contribution is 5.97. The van der Waals surface area contributed by atoms with Gasteiger partial charge in [0.05, 0.1) is 24.7 Å². The topological polar surface area (TPSA) is 56.3 Å². The Morgan fingerprint density at radius 3 is 2.42 bits per heavy atom. The molecule has 154 valence electrons. The van der Waals surface area contributed by atoms with Gasteiger partial charge in [-0.05, 0) is 55.0 Å². The molecule has 2 aliphatic rings. The summed E-state index contributed by atoms with van der Waals surface area (Å²) in [6.45, 7) is 2.60. The number of hydrogen-bond acceptors (Lipinski definition) is 4. The average Bonchev–Trinajstić information content (AvgIpc) is 3.42. The Balaban J connectivity index is 1.34. The van der Waals surface area contributed by atoms with E-state index >= 15 is 0 Å². The summed E-state index contributed by atoms with van der Waals surface area (Å²) in [5.41, 5.74) is 2.43. The molecule has 31 heavy (non-hydrogen) atoms. The van der Waals surface area contributed by atoms with Crippen LogP contribution in [0.4, 0.5) is 4.39 Å². The molecule has 3 atom stereocenters. The van der Waals surface area contributed by atoms with Crippen LogP contribution in [0.3, 0.4) is 0 Å². The van der Waals surface area contributed by atoms with Gasteiger partial charge in [-0.2, -0.15) is 5.26 Å². The lowest BCUT2D eigenvalue weighted by molar-refractivity contribution is 0.0832. The van der Waals surface area contributed by atoms with Crippen LogP contribution in [0.5, 0.6) is 11.5 Å². The van der Waals surface area contributed by atoms with E-state index in [1.807, 2.05) is 60.4 Å². The molecule has 2 saturated heterocycles. The fourth-order valence-corrected chi connectivity index (χ4v) is 4.39. The lowest BCUT2D eigenvalue weighted by Gasteiger charge is -2.21. The van der Waals surface area contributed by atoms with E-state index in [0.29, 0.717) is 23.6 Å². The second-order valence-corrected chi connectivity index (χ2v) is 7.89. The minimum absolute atomic E-state index is 0.00170. The molecular formula is C25H20FN3O2. The molecule has 1 amide bonds. The van der Waals surface area contributed by atoms with Gasteiger partial charge in [0.25, 0.3) is 5.91 Å². The van der Waals surface area contributed by atoms with Gasteiger partial charge in [0, 0.05) is 11.1 Å². The summed E-state index contributed by atoms with van der Waals surface area (Å²) in [6, 6.07) is 21.3. The van der Waals surface area contributed by atoms with Gasteiger partial charge in [-0.1, -0.05) is 30.3 Å². The van der Waals surface area contributed by atoms with Crippen LogP contribution in [0.1, 0.15) is 17.3 Å². The lowest BCUT2D eigenvalue weighted by atomic mass is 10.0. The summed E-state index contributed by atoms with van der Waals surface area (Å²) < 4.78 is 19.1. The van der Waals surface area contributed by atoms with E-state index in [1.165, 1.54) is 12.1 Å². The van der Waals surface area contributed by atoms with Crippen molar-refractivity contribution in [3.63, 3.8) is 0 Å². The Labute approximate surface area is 179 Å². The zero-order chi connectivity index (χ0) is 21.5. The third kappa shape index (κ3) is 3.38. The zero-order valence-corrected chi connectivity index (χ0v) is 16.9. The number of piperazine rings is 1. The van der Waals surface area contributed by atoms with Crippen LogP contribution in [0.25, 0.3) is 11.1 Å². The second kappa shape index (κ2) is 7.44. The number of ether oxygens (including phenoxy) is 1. The fourth-order valence-electron chi connectivity index (χ4n) is 4.39. The number of rotatable bonds is 4. The molecule has 3 aromatic rings. The molecule has 0 spiro atoms. The molecule has 0 bridgehead atoms. The first-order chi connectivity index (χ1) is 15.1. The number of likely N-dealkylation sites (tertiary alicyclic amines) is 1. The number of amides is 1. The van der Waals surface area contributed by atoms with Crippen molar-refractivity contribution in [3.05, 3.63) is 84.2 Å². The first-order valence-electron chi connectivity index (χ1n) is 10.2. The molecule has 2 heterocycles. The Morgan fingerprint density at radius 2 is 1.77 bits per heavy atom. The first-order valence-corrected chi connectivity index (χ1v) is 10.2. The highest BCUT2D eigenvalue weighted by Crippen LogP contribution is 2.41. The van der Waals surface area contributed by atoms with Crippen molar-refractivity contribution in [2.75, 3.05) is 6.54 Å². The Morgan fingerprint density at radius 1 is 1.06 bits per heavy atom. The van der Waals surface area contributed by atoms with Crippen LogP contribution in [0.15, 0.2) is 72.8 Å². The monoisotopic (exact) mass is 413 g/mol. The third-order valence-electron chi connectivity index (χ3n) is 6.09. The SMILES string of the molecule is CC1[C@H]2C(CN1C#N)N2C(=O)c1ccc(-c2ccccc2Oc2ccc(F)cc2)cc1. The summed E-state index contributed by atoms with van der Waals surface area (Å²) in [7, 11) is 0. The van der Waals surface area contributed by atoms with Gasteiger partial charge in [0.15, 0.2) is 6.19 Å². The number of carbonyl (C=O) groups is 1. The number of hydrogen-bond donors (Lipinski definition) is 0. The van der Waals surface area contributed by atoms with E-state index in [2.05, 4.69) is 6.19 Å². The third-order valence-corrected chi connectivity index (χ3v) is 6.09. The predicted molar refractivity (Wildman–Crippen MR) is 114 cm³/mol. The van der Waals surface area contributed by atoms with Crippen molar-refractivity contribution >= 4 is 5.91 Å². The summed E-state index contributed by atoms with van der Waals surface area (Å²) in [5, 5.41) is 9.13. The van der Waals surface area contributed by atoms with E-state index in [0.717, 1.165) is 11.1 Å². The summed E-state index contributed by atoms with van der Waals surface area (Å²) in [6.07, 6.45) is 2.19.